The van der Waals surface area contributed by atoms with E-state index in [0.29, 0.717) is 6.10 Å². The molecule has 1 atom stereocenters. The summed E-state index contributed by atoms with van der Waals surface area (Å²) in [6, 6.07) is 10.5. The third kappa shape index (κ3) is 2.30. The van der Waals surface area contributed by atoms with E-state index in [-0.39, 0.29) is 0 Å². The van der Waals surface area contributed by atoms with Crippen molar-refractivity contribution in [3.8, 4) is 0 Å². The van der Waals surface area contributed by atoms with Gasteiger partial charge in [0.1, 0.15) is 0 Å². The van der Waals surface area contributed by atoms with E-state index < -0.39 is 0 Å². The zero-order valence-electron chi connectivity index (χ0n) is 12.0. The minimum atomic E-state index is 0.360. The van der Waals surface area contributed by atoms with Gasteiger partial charge >= 0.3 is 0 Å². The van der Waals surface area contributed by atoms with Crippen molar-refractivity contribution >= 4 is 28.3 Å². The zero-order chi connectivity index (χ0) is 14.2. The van der Waals surface area contributed by atoms with E-state index in [1.165, 1.54) is 22.9 Å². The monoisotopic (exact) mass is 299 g/mol. The number of aromatic nitrogens is 3. The van der Waals surface area contributed by atoms with Crippen LogP contribution in [0.25, 0.3) is 16.6 Å². The molecular weight excluding hydrogens is 282 g/mol. The van der Waals surface area contributed by atoms with Crippen molar-refractivity contribution < 1.29 is 4.74 Å². The normalized spacial score (nSPS) is 18.8. The minimum Gasteiger partial charge on any atom is -0.377 e. The molecule has 5 heteroatoms. The Kier molecular flexibility index (Phi) is 3.31. The molecule has 0 amide bonds. The smallest absolute Gasteiger partial charge is 0.196 e. The number of rotatable bonds is 3. The summed E-state index contributed by atoms with van der Waals surface area (Å²) in [5.41, 5.74) is 3.33. The van der Waals surface area contributed by atoms with E-state index in [0.717, 1.165) is 29.6 Å². The van der Waals surface area contributed by atoms with Gasteiger partial charge in [-0.15, -0.1) is 10.2 Å². The van der Waals surface area contributed by atoms with E-state index >= 15 is 0 Å². The van der Waals surface area contributed by atoms with E-state index in [9.17, 15) is 0 Å². The predicted octanol–water partition coefficient (Wildman–Crippen LogP) is 3.46. The first kappa shape index (κ1) is 13.1. The van der Waals surface area contributed by atoms with Gasteiger partial charge in [0.2, 0.25) is 0 Å². The highest BCUT2D eigenvalue weighted by Gasteiger charge is 2.18. The third-order valence-electron chi connectivity index (χ3n) is 4.00. The molecule has 108 valence electrons. The van der Waals surface area contributed by atoms with Crippen LogP contribution < -0.4 is 0 Å². The fourth-order valence-corrected chi connectivity index (χ4v) is 3.93. The van der Waals surface area contributed by atoms with Gasteiger partial charge in [-0.25, -0.2) is 0 Å². The number of thioether (sulfide) groups is 1. The quantitative estimate of drug-likeness (QED) is 0.694. The molecule has 3 heterocycles. The number of hydrogen-bond donors (Lipinski definition) is 0. The number of hydrogen-bond acceptors (Lipinski definition) is 4. The lowest BCUT2D eigenvalue weighted by molar-refractivity contribution is 0.129. The Morgan fingerprint density at radius 3 is 3.10 bits per heavy atom. The first-order valence-corrected chi connectivity index (χ1v) is 8.29. The zero-order valence-corrected chi connectivity index (χ0v) is 12.8. The van der Waals surface area contributed by atoms with Crippen molar-refractivity contribution in [1.29, 1.82) is 0 Å². The lowest BCUT2D eigenvalue weighted by Crippen LogP contribution is -2.08. The van der Waals surface area contributed by atoms with Gasteiger partial charge in [-0.05, 0) is 37.5 Å². The maximum Gasteiger partial charge on any atom is 0.196 e. The lowest BCUT2D eigenvalue weighted by atomic mass is 10.1. The Morgan fingerprint density at radius 1 is 1.33 bits per heavy atom. The Balaban J connectivity index is 1.77. The average molecular weight is 299 g/mol. The molecule has 1 aliphatic rings. The minimum absolute atomic E-state index is 0.360. The number of fused-ring (bicyclic) bond motifs is 3. The summed E-state index contributed by atoms with van der Waals surface area (Å²) in [5, 5.41) is 10.9. The van der Waals surface area contributed by atoms with E-state index in [4.69, 9.17) is 4.74 Å². The molecule has 0 saturated carbocycles. The van der Waals surface area contributed by atoms with Crippen molar-refractivity contribution in [3.63, 3.8) is 0 Å². The molecule has 0 aliphatic carbocycles. The highest BCUT2D eigenvalue weighted by Crippen LogP contribution is 2.27. The van der Waals surface area contributed by atoms with Gasteiger partial charge in [0, 0.05) is 17.7 Å². The van der Waals surface area contributed by atoms with Gasteiger partial charge in [-0.2, -0.15) is 0 Å². The Bertz CT molecular complexity index is 793. The molecule has 0 radical (unpaired) electrons. The SMILES string of the molecule is Cc1cc2nnc(SCC3CCCO3)n2c2ccccc12. The number of pyridine rings is 1. The second-order valence-corrected chi connectivity index (χ2v) is 6.45. The third-order valence-corrected chi connectivity index (χ3v) is 5.06. The van der Waals surface area contributed by atoms with Crippen molar-refractivity contribution in [2.24, 2.45) is 0 Å². The molecule has 0 spiro atoms. The van der Waals surface area contributed by atoms with E-state index in [1.807, 2.05) is 0 Å². The summed E-state index contributed by atoms with van der Waals surface area (Å²) in [4.78, 5) is 0. The number of aryl methyl sites for hydroxylation is 1. The van der Waals surface area contributed by atoms with Gasteiger partial charge < -0.3 is 4.74 Å². The van der Waals surface area contributed by atoms with Crippen LogP contribution in [0, 0.1) is 6.92 Å². The number of benzene rings is 1. The van der Waals surface area contributed by atoms with Crippen LogP contribution in [-0.2, 0) is 4.74 Å². The lowest BCUT2D eigenvalue weighted by Gasteiger charge is -2.09. The molecular formula is C16H17N3OS. The summed E-state index contributed by atoms with van der Waals surface area (Å²) >= 11 is 1.74. The van der Waals surface area contributed by atoms with Crippen LogP contribution >= 0.6 is 11.8 Å². The molecule has 1 aliphatic heterocycles. The fraction of sp³-hybridized carbons (Fsp3) is 0.375. The highest BCUT2D eigenvalue weighted by molar-refractivity contribution is 7.99. The first-order chi connectivity index (χ1) is 10.3. The van der Waals surface area contributed by atoms with E-state index in [1.54, 1.807) is 11.8 Å². The molecule has 1 fully saturated rings. The van der Waals surface area contributed by atoms with Crippen molar-refractivity contribution in [2.45, 2.75) is 31.0 Å². The molecule has 3 aromatic rings. The van der Waals surface area contributed by atoms with Gasteiger partial charge in [0.05, 0.1) is 11.6 Å². The van der Waals surface area contributed by atoms with Gasteiger partial charge in [-0.1, -0.05) is 30.0 Å². The summed E-state index contributed by atoms with van der Waals surface area (Å²) in [5.74, 6) is 0.947. The summed E-state index contributed by atoms with van der Waals surface area (Å²) < 4.78 is 7.85. The molecule has 0 N–H and O–H groups in total. The van der Waals surface area contributed by atoms with Crippen molar-refractivity contribution in [2.75, 3.05) is 12.4 Å². The van der Waals surface area contributed by atoms with Crippen LogP contribution in [0.3, 0.4) is 0 Å². The Morgan fingerprint density at radius 2 is 2.24 bits per heavy atom. The Labute approximate surface area is 127 Å². The van der Waals surface area contributed by atoms with Gasteiger partial charge in [-0.3, -0.25) is 4.40 Å². The van der Waals surface area contributed by atoms with Crippen LogP contribution in [0.2, 0.25) is 0 Å². The Hall–Kier alpha value is -1.59. The second kappa shape index (κ2) is 5.31. The molecule has 1 aromatic carbocycles. The van der Waals surface area contributed by atoms with E-state index in [2.05, 4.69) is 51.9 Å². The maximum absolute atomic E-state index is 5.69. The highest BCUT2D eigenvalue weighted by atomic mass is 32.2. The van der Waals surface area contributed by atoms with Crippen LogP contribution in [0.5, 0.6) is 0 Å². The summed E-state index contributed by atoms with van der Waals surface area (Å²) in [6.45, 7) is 3.02. The van der Waals surface area contributed by atoms with Crippen molar-refractivity contribution in [3.05, 3.63) is 35.9 Å². The molecule has 4 rings (SSSR count). The topological polar surface area (TPSA) is 39.4 Å². The maximum atomic E-state index is 5.69. The molecule has 21 heavy (non-hydrogen) atoms. The number of para-hydroxylation sites is 1. The fourth-order valence-electron chi connectivity index (χ4n) is 2.91. The standard InChI is InChI=1S/C16H17N3OS/c1-11-9-15-17-18-16(21-10-12-5-4-8-20-12)19(15)14-7-3-2-6-13(11)14/h2-3,6-7,9,12H,4-5,8,10H2,1H3. The van der Waals surface area contributed by atoms with Crippen molar-refractivity contribution in [1.82, 2.24) is 14.6 Å². The largest absolute Gasteiger partial charge is 0.377 e. The van der Waals surface area contributed by atoms with Crippen LogP contribution in [-0.4, -0.2) is 33.1 Å². The molecule has 0 bridgehead atoms. The molecule has 4 nitrogen and oxygen atoms in total. The van der Waals surface area contributed by atoms with Crippen LogP contribution in [0.4, 0.5) is 0 Å². The average Bonchev–Trinajstić information content (AvgIpc) is 3.14. The number of nitrogens with zero attached hydrogens (tertiary/aromatic N) is 3. The van der Waals surface area contributed by atoms with Gasteiger partial charge in [0.25, 0.3) is 0 Å². The number of ether oxygens (including phenoxy) is 1. The van der Waals surface area contributed by atoms with Crippen LogP contribution in [0.15, 0.2) is 35.5 Å². The predicted molar refractivity (Wildman–Crippen MR) is 84.9 cm³/mol. The summed E-state index contributed by atoms with van der Waals surface area (Å²) in [7, 11) is 0. The first-order valence-electron chi connectivity index (χ1n) is 7.31. The second-order valence-electron chi connectivity index (χ2n) is 5.47. The van der Waals surface area contributed by atoms with Gasteiger partial charge in [0.15, 0.2) is 10.8 Å². The molecule has 1 unspecified atom stereocenters. The summed E-state index contributed by atoms with van der Waals surface area (Å²) in [6.07, 6.45) is 2.69. The van der Waals surface area contributed by atoms with Crippen LogP contribution in [0.1, 0.15) is 18.4 Å². The molecule has 2 aromatic heterocycles. The molecule has 1 saturated heterocycles.